The summed E-state index contributed by atoms with van der Waals surface area (Å²) in [6.07, 6.45) is 3.38. The fourth-order valence-corrected chi connectivity index (χ4v) is 4.29. The van der Waals surface area contributed by atoms with Crippen molar-refractivity contribution in [2.45, 2.75) is 38.7 Å². The first-order valence-electron chi connectivity index (χ1n) is 11.9. The summed E-state index contributed by atoms with van der Waals surface area (Å²) in [5, 5.41) is 1.38. The van der Waals surface area contributed by atoms with Gasteiger partial charge in [-0.1, -0.05) is 60.7 Å². The number of ether oxygens (including phenoxy) is 2. The summed E-state index contributed by atoms with van der Waals surface area (Å²) >= 11 is 0. The minimum Gasteiger partial charge on any atom is -0.432 e. The molecule has 0 bridgehead atoms. The lowest BCUT2D eigenvalue weighted by Gasteiger charge is -2.10. The summed E-state index contributed by atoms with van der Waals surface area (Å²) < 4.78 is 63.0. The molecule has 0 fully saturated rings. The first-order valence-corrected chi connectivity index (χ1v) is 11.9. The van der Waals surface area contributed by atoms with E-state index in [9.17, 15) is 13.2 Å². The Kier molecular flexibility index (Phi) is 8.60. The number of halogens is 4. The third-order valence-corrected chi connectivity index (χ3v) is 6.31. The summed E-state index contributed by atoms with van der Waals surface area (Å²) in [5.74, 6) is -1.65. The molecule has 0 unspecified atom stereocenters. The highest BCUT2D eigenvalue weighted by molar-refractivity contribution is 5.84. The van der Waals surface area contributed by atoms with Gasteiger partial charge in [-0.2, -0.15) is 8.78 Å². The van der Waals surface area contributed by atoms with Gasteiger partial charge in [0.15, 0.2) is 11.6 Å². The number of hydrogen-bond donors (Lipinski definition) is 0. The third kappa shape index (κ3) is 6.64. The van der Waals surface area contributed by atoms with Crippen LogP contribution in [0.25, 0.3) is 10.8 Å². The molecule has 0 saturated carbocycles. The molecule has 2 nitrogen and oxygen atoms in total. The number of rotatable bonds is 11. The van der Waals surface area contributed by atoms with Crippen molar-refractivity contribution >= 4 is 10.8 Å². The quantitative estimate of drug-likeness (QED) is 0.201. The molecule has 4 rings (SSSR count). The van der Waals surface area contributed by atoms with Crippen molar-refractivity contribution in [3.63, 3.8) is 0 Å². The first-order chi connectivity index (χ1) is 17.4. The molecule has 0 N–H and O–H groups in total. The van der Waals surface area contributed by atoms with Crippen LogP contribution in [-0.2, 0) is 36.8 Å². The fraction of sp³-hybridized carbons (Fsp3) is 0.267. The zero-order valence-corrected chi connectivity index (χ0v) is 20.1. The van der Waals surface area contributed by atoms with Gasteiger partial charge >= 0.3 is 6.61 Å². The van der Waals surface area contributed by atoms with Crippen molar-refractivity contribution in [2.75, 3.05) is 13.7 Å². The average Bonchev–Trinajstić information content (AvgIpc) is 2.87. The van der Waals surface area contributed by atoms with Crippen LogP contribution in [0.2, 0.25) is 0 Å². The molecular formula is C30H28F4O2. The summed E-state index contributed by atoms with van der Waals surface area (Å²) in [7, 11) is 1.70. The summed E-state index contributed by atoms with van der Waals surface area (Å²) in [6.45, 7) is -2.38. The van der Waals surface area contributed by atoms with E-state index < -0.39 is 18.2 Å². The summed E-state index contributed by atoms with van der Waals surface area (Å²) in [4.78, 5) is 0. The molecule has 0 amide bonds. The topological polar surface area (TPSA) is 18.5 Å². The second kappa shape index (κ2) is 12.0. The van der Waals surface area contributed by atoms with Crippen LogP contribution >= 0.6 is 0 Å². The Hall–Kier alpha value is -3.38. The van der Waals surface area contributed by atoms with Crippen molar-refractivity contribution in [3.05, 3.63) is 112 Å². The van der Waals surface area contributed by atoms with Crippen molar-refractivity contribution in [1.29, 1.82) is 0 Å². The Bertz CT molecular complexity index is 1300. The highest BCUT2D eigenvalue weighted by Crippen LogP contribution is 2.26. The normalized spacial score (nSPS) is 11.4. The minimum atomic E-state index is -3.09. The SMILES string of the molecule is COCCc1ccc(CCc2ccc3c(F)c(CCc4ccc(OC(F)F)c(F)c4)ccc3c2)cc1. The fourth-order valence-electron chi connectivity index (χ4n) is 4.29. The second-order valence-corrected chi connectivity index (χ2v) is 8.80. The molecule has 0 aliphatic heterocycles. The standard InChI is InChI=1S/C30H28F4O2/c1-35-17-16-21-4-2-20(3-5-21)6-7-22-9-14-26-25(18-22)13-12-24(29(26)32)11-8-23-10-15-28(27(31)19-23)36-30(33)34/h2-5,9-10,12-15,18-19,30H,6-8,11,16-17H2,1H3. The number of aryl methyl sites for hydroxylation is 4. The average molecular weight is 497 g/mol. The van der Waals surface area contributed by atoms with Gasteiger partial charge in [0.25, 0.3) is 0 Å². The van der Waals surface area contributed by atoms with Crippen molar-refractivity contribution < 1.29 is 27.0 Å². The largest absolute Gasteiger partial charge is 0.432 e. The molecule has 4 aromatic carbocycles. The number of methoxy groups -OCH3 is 1. The molecule has 4 aromatic rings. The van der Waals surface area contributed by atoms with Crippen LogP contribution in [0.3, 0.4) is 0 Å². The lowest BCUT2D eigenvalue weighted by molar-refractivity contribution is -0.0522. The van der Waals surface area contributed by atoms with Gasteiger partial charge in [0.1, 0.15) is 5.82 Å². The molecule has 0 aliphatic carbocycles. The van der Waals surface area contributed by atoms with Gasteiger partial charge in [-0.25, -0.2) is 8.78 Å². The summed E-state index contributed by atoms with van der Waals surface area (Å²) in [5.41, 5.74) is 4.75. The van der Waals surface area contributed by atoms with E-state index in [1.807, 2.05) is 24.3 Å². The van der Waals surface area contributed by atoms with E-state index in [2.05, 4.69) is 29.0 Å². The van der Waals surface area contributed by atoms with Crippen LogP contribution < -0.4 is 4.74 Å². The van der Waals surface area contributed by atoms with Gasteiger partial charge in [0.2, 0.25) is 0 Å². The van der Waals surface area contributed by atoms with Crippen LogP contribution in [0.5, 0.6) is 5.75 Å². The Labute approximate surface area is 208 Å². The maximum Gasteiger partial charge on any atom is 0.387 e. The molecule has 0 atom stereocenters. The van der Waals surface area contributed by atoms with Crippen LogP contribution in [0.1, 0.15) is 27.8 Å². The Morgan fingerprint density at radius 3 is 1.97 bits per heavy atom. The van der Waals surface area contributed by atoms with Gasteiger partial charge in [-0.15, -0.1) is 0 Å². The highest BCUT2D eigenvalue weighted by Gasteiger charge is 2.12. The van der Waals surface area contributed by atoms with Crippen LogP contribution in [0.15, 0.2) is 72.8 Å². The lowest BCUT2D eigenvalue weighted by atomic mass is 9.97. The Morgan fingerprint density at radius 2 is 1.28 bits per heavy atom. The first kappa shape index (κ1) is 25.7. The Morgan fingerprint density at radius 1 is 0.667 bits per heavy atom. The van der Waals surface area contributed by atoms with E-state index in [-0.39, 0.29) is 5.82 Å². The van der Waals surface area contributed by atoms with E-state index in [1.54, 1.807) is 13.2 Å². The predicted molar refractivity (Wildman–Crippen MR) is 134 cm³/mol. The molecule has 0 aromatic heterocycles. The van der Waals surface area contributed by atoms with Gasteiger partial charge < -0.3 is 9.47 Å². The van der Waals surface area contributed by atoms with E-state index in [0.29, 0.717) is 36.0 Å². The molecule has 0 aliphatic rings. The number of benzene rings is 4. The van der Waals surface area contributed by atoms with Gasteiger partial charge in [0, 0.05) is 12.5 Å². The van der Waals surface area contributed by atoms with Gasteiger partial charge in [-0.05, 0) is 77.4 Å². The third-order valence-electron chi connectivity index (χ3n) is 6.31. The summed E-state index contributed by atoms with van der Waals surface area (Å²) in [6, 6.07) is 21.8. The van der Waals surface area contributed by atoms with E-state index in [1.165, 1.54) is 23.3 Å². The molecular weight excluding hydrogens is 468 g/mol. The number of alkyl halides is 2. The maximum absolute atomic E-state index is 15.2. The van der Waals surface area contributed by atoms with Crippen LogP contribution in [0.4, 0.5) is 17.6 Å². The second-order valence-electron chi connectivity index (χ2n) is 8.80. The smallest absolute Gasteiger partial charge is 0.387 e. The van der Waals surface area contributed by atoms with E-state index >= 15 is 4.39 Å². The highest BCUT2D eigenvalue weighted by atomic mass is 19.3. The molecule has 0 radical (unpaired) electrons. The molecule has 0 spiro atoms. The molecule has 0 heterocycles. The van der Waals surface area contributed by atoms with Gasteiger partial charge in [-0.3, -0.25) is 0 Å². The maximum atomic E-state index is 15.2. The molecule has 0 saturated heterocycles. The minimum absolute atomic E-state index is 0.288. The van der Waals surface area contributed by atoms with Gasteiger partial charge in [0.05, 0.1) is 6.61 Å². The van der Waals surface area contributed by atoms with Crippen LogP contribution in [-0.4, -0.2) is 20.3 Å². The van der Waals surface area contributed by atoms with Crippen molar-refractivity contribution in [2.24, 2.45) is 0 Å². The lowest BCUT2D eigenvalue weighted by Crippen LogP contribution is -2.04. The van der Waals surface area contributed by atoms with Crippen molar-refractivity contribution in [1.82, 2.24) is 0 Å². The predicted octanol–water partition coefficient (Wildman–Crippen LogP) is 7.48. The molecule has 6 heteroatoms. The monoisotopic (exact) mass is 496 g/mol. The number of hydrogen-bond acceptors (Lipinski definition) is 2. The zero-order valence-electron chi connectivity index (χ0n) is 20.1. The molecule has 188 valence electrons. The van der Waals surface area contributed by atoms with Crippen LogP contribution in [0, 0.1) is 11.6 Å². The molecule has 36 heavy (non-hydrogen) atoms. The van der Waals surface area contributed by atoms with E-state index in [0.717, 1.165) is 36.3 Å². The Balaban J connectivity index is 1.39. The van der Waals surface area contributed by atoms with Crippen molar-refractivity contribution in [3.8, 4) is 5.75 Å². The zero-order chi connectivity index (χ0) is 25.5. The number of fused-ring (bicyclic) bond motifs is 1. The van der Waals surface area contributed by atoms with E-state index in [4.69, 9.17) is 4.74 Å².